The Hall–Kier alpha value is -2.56. The van der Waals surface area contributed by atoms with Crippen LogP contribution in [-0.4, -0.2) is 32.8 Å². The van der Waals surface area contributed by atoms with E-state index in [4.69, 9.17) is 9.47 Å². The summed E-state index contributed by atoms with van der Waals surface area (Å²) in [7, 11) is 2.84. The molecule has 0 N–H and O–H groups in total. The summed E-state index contributed by atoms with van der Waals surface area (Å²) in [5, 5.41) is 0. The van der Waals surface area contributed by atoms with Crippen LogP contribution in [0, 0.1) is 0 Å². The molecule has 5 nitrogen and oxygen atoms in total. The fraction of sp³-hybridized carbons (Fsp3) is 0.250. The molecule has 1 aromatic rings. The zero-order valence-electron chi connectivity index (χ0n) is 12.3. The predicted octanol–water partition coefficient (Wildman–Crippen LogP) is 2.37. The Bertz CT molecular complexity index is 540. The SMILES string of the molecule is CCOC(=O)/C=C(\C=C\c1ccc(OC)cc1)C(=O)OC. The quantitative estimate of drug-likeness (QED) is 0.457. The third kappa shape index (κ3) is 5.52. The van der Waals surface area contributed by atoms with Gasteiger partial charge in [0.05, 0.1) is 26.4 Å². The van der Waals surface area contributed by atoms with Crippen LogP contribution in [0.3, 0.4) is 0 Å². The molecule has 1 rings (SSSR count). The molecule has 0 radical (unpaired) electrons. The zero-order chi connectivity index (χ0) is 15.7. The maximum atomic E-state index is 11.6. The summed E-state index contributed by atoms with van der Waals surface area (Å²) in [5.74, 6) is -0.451. The number of hydrogen-bond acceptors (Lipinski definition) is 5. The van der Waals surface area contributed by atoms with Gasteiger partial charge in [-0.05, 0) is 30.7 Å². The number of esters is 2. The number of carbonyl (C=O) groups excluding carboxylic acids is 2. The fourth-order valence-electron chi connectivity index (χ4n) is 1.50. The lowest BCUT2D eigenvalue weighted by molar-refractivity contribution is -0.139. The topological polar surface area (TPSA) is 61.8 Å². The first-order valence-electron chi connectivity index (χ1n) is 6.39. The highest BCUT2D eigenvalue weighted by Gasteiger charge is 2.09. The number of ether oxygens (including phenoxy) is 3. The fourth-order valence-corrected chi connectivity index (χ4v) is 1.50. The van der Waals surface area contributed by atoms with E-state index in [1.54, 1.807) is 32.2 Å². The molecule has 0 aromatic heterocycles. The second-order valence-electron chi connectivity index (χ2n) is 3.95. The Morgan fingerprint density at radius 3 is 2.33 bits per heavy atom. The van der Waals surface area contributed by atoms with Gasteiger partial charge in [0, 0.05) is 6.08 Å². The molecule has 5 heteroatoms. The molecule has 0 aliphatic heterocycles. The van der Waals surface area contributed by atoms with Gasteiger partial charge < -0.3 is 14.2 Å². The zero-order valence-corrected chi connectivity index (χ0v) is 12.3. The molecule has 21 heavy (non-hydrogen) atoms. The van der Waals surface area contributed by atoms with Gasteiger partial charge in [-0.2, -0.15) is 0 Å². The van der Waals surface area contributed by atoms with E-state index >= 15 is 0 Å². The minimum absolute atomic E-state index is 0.117. The van der Waals surface area contributed by atoms with Gasteiger partial charge >= 0.3 is 11.9 Å². The van der Waals surface area contributed by atoms with E-state index in [0.29, 0.717) is 0 Å². The highest BCUT2D eigenvalue weighted by molar-refractivity contribution is 5.99. The summed E-state index contributed by atoms with van der Waals surface area (Å²) in [6.45, 7) is 1.93. The third-order valence-corrected chi connectivity index (χ3v) is 2.55. The van der Waals surface area contributed by atoms with Gasteiger partial charge in [-0.1, -0.05) is 18.2 Å². The van der Waals surface area contributed by atoms with Crippen LogP contribution in [-0.2, 0) is 19.1 Å². The first-order chi connectivity index (χ1) is 10.1. The average Bonchev–Trinajstić information content (AvgIpc) is 2.51. The van der Waals surface area contributed by atoms with Crippen LogP contribution in [0.1, 0.15) is 12.5 Å². The molecule has 0 spiro atoms. The summed E-state index contributed by atoms with van der Waals surface area (Å²) in [6, 6.07) is 7.25. The normalized spacial score (nSPS) is 11.3. The molecule has 0 fully saturated rings. The number of hydrogen-bond donors (Lipinski definition) is 0. The molecule has 0 aliphatic carbocycles. The summed E-state index contributed by atoms with van der Waals surface area (Å²) >= 11 is 0. The van der Waals surface area contributed by atoms with Crippen LogP contribution in [0.2, 0.25) is 0 Å². The molecule has 0 aliphatic rings. The summed E-state index contributed by atoms with van der Waals surface area (Å²) < 4.78 is 14.5. The van der Waals surface area contributed by atoms with E-state index in [2.05, 4.69) is 4.74 Å². The second-order valence-corrected chi connectivity index (χ2v) is 3.95. The second kappa shape index (κ2) is 8.58. The predicted molar refractivity (Wildman–Crippen MR) is 78.8 cm³/mol. The van der Waals surface area contributed by atoms with Crippen LogP contribution in [0.4, 0.5) is 0 Å². The van der Waals surface area contributed by atoms with E-state index in [1.807, 2.05) is 12.1 Å². The molecular weight excluding hydrogens is 272 g/mol. The maximum absolute atomic E-state index is 11.6. The van der Waals surface area contributed by atoms with Crippen molar-refractivity contribution in [3.05, 3.63) is 47.6 Å². The van der Waals surface area contributed by atoms with Crippen LogP contribution in [0.25, 0.3) is 6.08 Å². The highest BCUT2D eigenvalue weighted by Crippen LogP contribution is 2.13. The van der Waals surface area contributed by atoms with Crippen LogP contribution in [0.15, 0.2) is 42.0 Å². The first-order valence-corrected chi connectivity index (χ1v) is 6.39. The Kier molecular flexibility index (Phi) is 6.74. The Morgan fingerprint density at radius 2 is 1.81 bits per heavy atom. The van der Waals surface area contributed by atoms with Gasteiger partial charge in [-0.3, -0.25) is 0 Å². The van der Waals surface area contributed by atoms with Gasteiger partial charge in [0.2, 0.25) is 0 Å². The molecule has 0 amide bonds. The third-order valence-electron chi connectivity index (χ3n) is 2.55. The summed E-state index contributed by atoms with van der Waals surface area (Å²) in [4.78, 5) is 23.0. The number of carbonyl (C=O) groups is 2. The van der Waals surface area contributed by atoms with Gasteiger partial charge in [0.1, 0.15) is 5.75 Å². The van der Waals surface area contributed by atoms with Crippen LogP contribution >= 0.6 is 0 Å². The van der Waals surface area contributed by atoms with Crippen molar-refractivity contribution in [3.63, 3.8) is 0 Å². The van der Waals surface area contributed by atoms with Crippen molar-refractivity contribution < 1.29 is 23.8 Å². The van der Waals surface area contributed by atoms with Crippen molar-refractivity contribution in [2.75, 3.05) is 20.8 Å². The molecule has 1 aromatic carbocycles. The highest BCUT2D eigenvalue weighted by atomic mass is 16.5. The lowest BCUT2D eigenvalue weighted by Gasteiger charge is -2.02. The van der Waals surface area contributed by atoms with Crippen molar-refractivity contribution >= 4 is 18.0 Å². The maximum Gasteiger partial charge on any atom is 0.338 e. The van der Waals surface area contributed by atoms with E-state index < -0.39 is 11.9 Å². The lowest BCUT2D eigenvalue weighted by atomic mass is 10.1. The van der Waals surface area contributed by atoms with Gasteiger partial charge in [0.15, 0.2) is 0 Å². The first kappa shape index (κ1) is 16.5. The van der Waals surface area contributed by atoms with Gasteiger partial charge in [0.25, 0.3) is 0 Å². The lowest BCUT2D eigenvalue weighted by Crippen LogP contribution is -2.07. The molecule has 0 bridgehead atoms. The molecule has 0 atom stereocenters. The molecule has 0 saturated carbocycles. The monoisotopic (exact) mass is 290 g/mol. The Labute approximate surface area is 123 Å². The average molecular weight is 290 g/mol. The van der Waals surface area contributed by atoms with Crippen molar-refractivity contribution in [1.29, 1.82) is 0 Å². The van der Waals surface area contributed by atoms with E-state index in [9.17, 15) is 9.59 Å². The van der Waals surface area contributed by atoms with E-state index in [-0.39, 0.29) is 12.2 Å². The molecule has 0 saturated heterocycles. The van der Waals surface area contributed by atoms with E-state index in [1.165, 1.54) is 13.2 Å². The Morgan fingerprint density at radius 1 is 1.14 bits per heavy atom. The number of benzene rings is 1. The standard InChI is InChI=1S/C16H18O5/c1-4-21-15(17)11-13(16(18)20-3)8-5-12-6-9-14(19-2)10-7-12/h5-11H,4H2,1-3H3/b8-5+,13-11+. The van der Waals surface area contributed by atoms with Gasteiger partial charge in [-0.25, -0.2) is 9.59 Å². The minimum atomic E-state index is -0.604. The molecule has 0 unspecified atom stereocenters. The van der Waals surface area contributed by atoms with Crippen LogP contribution in [0.5, 0.6) is 5.75 Å². The summed E-state index contributed by atoms with van der Waals surface area (Å²) in [6.07, 6.45) is 4.31. The number of methoxy groups -OCH3 is 2. The van der Waals surface area contributed by atoms with Crippen molar-refractivity contribution in [1.82, 2.24) is 0 Å². The van der Waals surface area contributed by atoms with Crippen LogP contribution < -0.4 is 4.74 Å². The smallest absolute Gasteiger partial charge is 0.338 e. The Balaban J connectivity index is 2.91. The molecular formula is C16H18O5. The minimum Gasteiger partial charge on any atom is -0.497 e. The van der Waals surface area contributed by atoms with Crippen molar-refractivity contribution in [2.24, 2.45) is 0 Å². The largest absolute Gasteiger partial charge is 0.497 e. The summed E-state index contributed by atoms with van der Waals surface area (Å²) in [5.41, 5.74) is 0.973. The van der Waals surface area contributed by atoms with E-state index in [0.717, 1.165) is 17.4 Å². The number of rotatable bonds is 6. The van der Waals surface area contributed by atoms with Gasteiger partial charge in [-0.15, -0.1) is 0 Å². The van der Waals surface area contributed by atoms with Crippen molar-refractivity contribution in [2.45, 2.75) is 6.92 Å². The van der Waals surface area contributed by atoms with Crippen molar-refractivity contribution in [3.8, 4) is 5.75 Å². The molecule has 112 valence electrons. The molecule has 0 heterocycles.